The summed E-state index contributed by atoms with van der Waals surface area (Å²) in [6, 6.07) is 9.47. The molecule has 5 heteroatoms. The van der Waals surface area contributed by atoms with Crippen molar-refractivity contribution in [3.05, 3.63) is 61.2 Å². The molecule has 1 saturated carbocycles. The van der Waals surface area contributed by atoms with E-state index < -0.39 is 22.7 Å². The van der Waals surface area contributed by atoms with Gasteiger partial charge in [-0.25, -0.2) is 0 Å². The number of methoxy groups -OCH3 is 1. The Morgan fingerprint density at radius 1 is 1.24 bits per heavy atom. The quantitative estimate of drug-likeness (QED) is 0.401. The second-order valence-corrected chi connectivity index (χ2v) is 8.19. The summed E-state index contributed by atoms with van der Waals surface area (Å²) in [4.78, 5) is 41.8. The first kappa shape index (κ1) is 21.0. The number of hydrogen-bond donors (Lipinski definition) is 0. The number of likely N-dealkylation sites (tertiary alicyclic amines) is 1. The van der Waals surface area contributed by atoms with Crippen molar-refractivity contribution < 1.29 is 19.1 Å². The van der Waals surface area contributed by atoms with Gasteiger partial charge in [0.2, 0.25) is 5.91 Å². The zero-order valence-corrected chi connectivity index (χ0v) is 17.2. The van der Waals surface area contributed by atoms with Gasteiger partial charge in [-0.05, 0) is 24.8 Å². The number of carbonyl (C=O) groups is 3. The van der Waals surface area contributed by atoms with Crippen molar-refractivity contribution in [2.75, 3.05) is 7.11 Å². The summed E-state index contributed by atoms with van der Waals surface area (Å²) >= 11 is 0. The van der Waals surface area contributed by atoms with Gasteiger partial charge in [0, 0.05) is 30.3 Å². The van der Waals surface area contributed by atoms with Gasteiger partial charge in [-0.15, -0.1) is 13.2 Å². The highest BCUT2D eigenvalue weighted by atomic mass is 16.5. The molecule has 3 rings (SSSR count). The monoisotopic (exact) mass is 395 g/mol. The van der Waals surface area contributed by atoms with Crippen LogP contribution in [0.1, 0.15) is 38.2 Å². The highest BCUT2D eigenvalue weighted by Crippen LogP contribution is 2.62. The van der Waals surface area contributed by atoms with E-state index in [0.29, 0.717) is 25.8 Å². The largest absolute Gasteiger partial charge is 0.468 e. The molecule has 0 N–H and O–H groups in total. The molecule has 4 atom stereocenters. The lowest BCUT2D eigenvalue weighted by Gasteiger charge is -2.49. The average Bonchev–Trinajstić information content (AvgIpc) is 2.90. The molecular formula is C24H29NO4. The van der Waals surface area contributed by atoms with Gasteiger partial charge in [-0.2, -0.15) is 0 Å². The molecule has 0 spiro atoms. The molecule has 1 heterocycles. The summed E-state index contributed by atoms with van der Waals surface area (Å²) in [5, 5.41) is 0. The summed E-state index contributed by atoms with van der Waals surface area (Å²) in [5.74, 6) is -1.25. The molecule has 0 radical (unpaired) electrons. The number of Topliss-reactive ketones (excluding diaryl/α,β-unsaturated/α-hetero) is 1. The zero-order valence-electron chi connectivity index (χ0n) is 17.2. The Labute approximate surface area is 172 Å². The lowest BCUT2D eigenvalue weighted by Crippen LogP contribution is -2.57. The minimum Gasteiger partial charge on any atom is -0.468 e. The minimum absolute atomic E-state index is 0.0790. The van der Waals surface area contributed by atoms with Crippen LogP contribution in [0.25, 0.3) is 0 Å². The minimum atomic E-state index is -1.47. The number of hydrogen-bond acceptors (Lipinski definition) is 4. The number of ketones is 1. The van der Waals surface area contributed by atoms with Crippen LogP contribution < -0.4 is 0 Å². The van der Waals surface area contributed by atoms with E-state index in [1.54, 1.807) is 17.1 Å². The van der Waals surface area contributed by atoms with Gasteiger partial charge in [0.25, 0.3) is 0 Å². The lowest BCUT2D eigenvalue weighted by molar-refractivity contribution is -0.169. The van der Waals surface area contributed by atoms with E-state index in [9.17, 15) is 14.4 Å². The van der Waals surface area contributed by atoms with Crippen molar-refractivity contribution in [3.63, 3.8) is 0 Å². The smallest absolute Gasteiger partial charge is 0.322 e. The van der Waals surface area contributed by atoms with Crippen LogP contribution in [0.15, 0.2) is 55.6 Å². The maximum Gasteiger partial charge on any atom is 0.322 e. The van der Waals surface area contributed by atoms with Crippen molar-refractivity contribution in [2.45, 2.75) is 45.2 Å². The molecule has 1 aromatic rings. The SMILES string of the molecule is C=CCC1C(=O)CC[C@H]2N(Cc3ccccc3)C(=O)[C@@](CC=C)(C(=O)OC)[C@@]12C. The Morgan fingerprint density at radius 2 is 1.93 bits per heavy atom. The van der Waals surface area contributed by atoms with Gasteiger partial charge in [0.1, 0.15) is 5.78 Å². The molecule has 0 bridgehead atoms. The van der Waals surface area contributed by atoms with Crippen LogP contribution in [0.2, 0.25) is 0 Å². The van der Waals surface area contributed by atoms with Crippen LogP contribution in [0.5, 0.6) is 0 Å². The number of amides is 1. The summed E-state index contributed by atoms with van der Waals surface area (Å²) in [5.41, 5.74) is -1.38. The molecule has 5 nitrogen and oxygen atoms in total. The van der Waals surface area contributed by atoms with E-state index in [1.165, 1.54) is 7.11 Å². The van der Waals surface area contributed by atoms with Crippen molar-refractivity contribution >= 4 is 17.7 Å². The number of rotatable bonds is 7. The Bertz CT molecular complexity index is 833. The molecule has 2 aliphatic rings. The molecular weight excluding hydrogens is 366 g/mol. The van der Waals surface area contributed by atoms with Gasteiger partial charge in [0.15, 0.2) is 5.41 Å². The van der Waals surface area contributed by atoms with E-state index in [4.69, 9.17) is 4.74 Å². The topological polar surface area (TPSA) is 63.7 Å². The number of carbonyl (C=O) groups excluding carboxylic acids is 3. The van der Waals surface area contributed by atoms with Gasteiger partial charge in [0.05, 0.1) is 7.11 Å². The summed E-state index contributed by atoms with van der Waals surface area (Å²) in [7, 11) is 1.30. The third kappa shape index (κ3) is 2.95. The lowest BCUT2D eigenvalue weighted by atomic mass is 9.51. The van der Waals surface area contributed by atoms with E-state index in [0.717, 1.165) is 5.56 Å². The van der Waals surface area contributed by atoms with E-state index >= 15 is 0 Å². The first-order valence-corrected chi connectivity index (χ1v) is 10.1. The fraction of sp³-hybridized carbons (Fsp3) is 0.458. The predicted octanol–water partition coefficient (Wildman–Crippen LogP) is 3.69. The Balaban J connectivity index is 2.20. The van der Waals surface area contributed by atoms with Gasteiger partial charge < -0.3 is 9.64 Å². The second kappa shape index (κ2) is 7.97. The van der Waals surface area contributed by atoms with E-state index in [1.807, 2.05) is 37.3 Å². The van der Waals surface area contributed by atoms with Gasteiger partial charge >= 0.3 is 5.97 Å². The van der Waals surface area contributed by atoms with E-state index in [-0.39, 0.29) is 24.2 Å². The molecule has 1 aliphatic heterocycles. The Kier molecular flexibility index (Phi) is 5.78. The fourth-order valence-corrected chi connectivity index (χ4v) is 5.59. The highest BCUT2D eigenvalue weighted by Gasteiger charge is 2.73. The Hall–Kier alpha value is -2.69. The van der Waals surface area contributed by atoms with Crippen molar-refractivity contribution in [3.8, 4) is 0 Å². The van der Waals surface area contributed by atoms with Gasteiger partial charge in [-0.3, -0.25) is 14.4 Å². The van der Waals surface area contributed by atoms with Gasteiger partial charge in [-0.1, -0.05) is 49.4 Å². The standard InChI is InChI=1S/C24H29NO4/c1-5-10-18-19(26)13-14-20-23(18,3)24(15-6-2,22(28)29-4)21(27)25(20)16-17-11-8-7-9-12-17/h5-9,11-12,18,20H,1-2,10,13-16H2,3-4H3/t18?,20-,23+,24+/m1/s1. The van der Waals surface area contributed by atoms with Crippen LogP contribution in [0.3, 0.4) is 0 Å². The molecule has 1 aromatic carbocycles. The Morgan fingerprint density at radius 3 is 2.52 bits per heavy atom. The van der Waals surface area contributed by atoms with Crippen LogP contribution >= 0.6 is 0 Å². The molecule has 0 aromatic heterocycles. The number of esters is 1. The number of fused-ring (bicyclic) bond motifs is 1. The van der Waals surface area contributed by atoms with Crippen LogP contribution in [-0.2, 0) is 25.7 Å². The zero-order chi connectivity index (χ0) is 21.2. The van der Waals surface area contributed by atoms with Crippen molar-refractivity contribution in [2.24, 2.45) is 16.7 Å². The maximum absolute atomic E-state index is 13.9. The first-order chi connectivity index (χ1) is 13.9. The maximum atomic E-state index is 13.9. The van der Waals surface area contributed by atoms with Crippen molar-refractivity contribution in [1.29, 1.82) is 0 Å². The molecule has 1 aliphatic carbocycles. The molecule has 29 heavy (non-hydrogen) atoms. The third-order valence-electron chi connectivity index (χ3n) is 6.97. The molecule has 1 saturated heterocycles. The summed E-state index contributed by atoms with van der Waals surface area (Å²) < 4.78 is 5.16. The average molecular weight is 395 g/mol. The fourth-order valence-electron chi connectivity index (χ4n) is 5.59. The molecule has 154 valence electrons. The normalized spacial score (nSPS) is 31.3. The second-order valence-electron chi connectivity index (χ2n) is 8.19. The van der Waals surface area contributed by atoms with Crippen LogP contribution in [0, 0.1) is 16.7 Å². The summed E-state index contributed by atoms with van der Waals surface area (Å²) in [6.45, 7) is 9.92. The van der Waals surface area contributed by atoms with Crippen LogP contribution in [-0.4, -0.2) is 35.7 Å². The predicted molar refractivity (Wildman–Crippen MR) is 111 cm³/mol. The molecule has 2 fully saturated rings. The molecule has 1 unspecified atom stereocenters. The molecule has 1 amide bonds. The number of allylic oxidation sites excluding steroid dienone is 2. The first-order valence-electron chi connectivity index (χ1n) is 10.1. The highest BCUT2D eigenvalue weighted by molar-refractivity contribution is 6.07. The van der Waals surface area contributed by atoms with Crippen molar-refractivity contribution in [1.82, 2.24) is 4.90 Å². The summed E-state index contributed by atoms with van der Waals surface area (Å²) in [6.07, 6.45) is 4.79. The number of benzene rings is 1. The van der Waals surface area contributed by atoms with E-state index in [2.05, 4.69) is 13.2 Å². The third-order valence-corrected chi connectivity index (χ3v) is 6.97. The number of nitrogens with zero attached hydrogens (tertiary/aromatic N) is 1. The van der Waals surface area contributed by atoms with Crippen LogP contribution in [0.4, 0.5) is 0 Å². The number of ether oxygens (including phenoxy) is 1.